The van der Waals surface area contributed by atoms with Gasteiger partial charge in [-0.1, -0.05) is 11.3 Å². The molecular formula is C14H11F2N5OS. The van der Waals surface area contributed by atoms with Crippen molar-refractivity contribution < 1.29 is 13.6 Å². The number of thiophene rings is 1. The number of halogens is 2. The number of carbonyl (C=O) groups excluding carboxylic acids is 1. The number of rotatable bonds is 4. The molecule has 2 heterocycles. The van der Waals surface area contributed by atoms with Crippen molar-refractivity contribution in [3.05, 3.63) is 58.6 Å². The first-order chi connectivity index (χ1) is 11.1. The molecule has 6 nitrogen and oxygen atoms in total. The number of hydrogen-bond donors (Lipinski definition) is 2. The minimum absolute atomic E-state index is 0.0754. The Morgan fingerprint density at radius 3 is 2.74 bits per heavy atom. The van der Waals surface area contributed by atoms with Gasteiger partial charge in [0, 0.05) is 5.38 Å². The summed E-state index contributed by atoms with van der Waals surface area (Å²) in [6.07, 6.45) is 1.66. The summed E-state index contributed by atoms with van der Waals surface area (Å²) in [5, 5.41) is 16.2. The van der Waals surface area contributed by atoms with Gasteiger partial charge in [-0.25, -0.2) is 18.3 Å². The molecule has 0 spiro atoms. The molecule has 0 unspecified atom stereocenters. The monoisotopic (exact) mass is 335 g/mol. The van der Waals surface area contributed by atoms with Crippen LogP contribution in [0.2, 0.25) is 0 Å². The molecule has 3 rings (SSSR count). The van der Waals surface area contributed by atoms with Crippen LogP contribution in [0.4, 0.5) is 19.3 Å². The molecule has 9 heteroatoms. The molecule has 0 aliphatic rings. The Bertz CT molecular complexity index is 798. The maximum atomic E-state index is 13.4. The summed E-state index contributed by atoms with van der Waals surface area (Å²) in [4.78, 5) is 11.7. The molecule has 2 aromatic heterocycles. The smallest absolute Gasteiger partial charge is 0.319 e. The van der Waals surface area contributed by atoms with Gasteiger partial charge >= 0.3 is 6.03 Å². The molecule has 0 aliphatic heterocycles. The summed E-state index contributed by atoms with van der Waals surface area (Å²) in [7, 11) is 0. The fourth-order valence-corrected chi connectivity index (χ4v) is 2.46. The predicted octanol–water partition coefficient (Wildman–Crippen LogP) is 2.93. The molecule has 0 radical (unpaired) electrons. The van der Waals surface area contributed by atoms with Crippen LogP contribution in [0.15, 0.2) is 41.2 Å². The van der Waals surface area contributed by atoms with Gasteiger partial charge in [0.25, 0.3) is 0 Å². The average Bonchev–Trinajstić information content (AvgIpc) is 3.19. The number of anilines is 1. The number of benzene rings is 1. The molecule has 0 atom stereocenters. The normalized spacial score (nSPS) is 10.5. The molecule has 0 saturated carbocycles. The van der Waals surface area contributed by atoms with E-state index in [4.69, 9.17) is 0 Å². The Kier molecular flexibility index (Phi) is 4.29. The molecule has 118 valence electrons. The lowest BCUT2D eigenvalue weighted by molar-refractivity contribution is 0.251. The number of amides is 2. The Labute approximate surface area is 133 Å². The molecular weight excluding hydrogens is 324 g/mol. The van der Waals surface area contributed by atoms with E-state index in [1.165, 1.54) is 17.4 Å². The SMILES string of the molecule is O=C(NCc1cn(-c2ccsc2)nn1)Nc1c(F)cccc1F. The van der Waals surface area contributed by atoms with Crippen molar-refractivity contribution in [1.29, 1.82) is 0 Å². The zero-order valence-corrected chi connectivity index (χ0v) is 12.5. The highest BCUT2D eigenvalue weighted by Crippen LogP contribution is 2.17. The molecule has 1 aromatic carbocycles. The maximum Gasteiger partial charge on any atom is 0.319 e. The lowest BCUT2D eigenvalue weighted by atomic mass is 10.3. The Morgan fingerprint density at radius 2 is 2.04 bits per heavy atom. The lowest BCUT2D eigenvalue weighted by Crippen LogP contribution is -2.29. The van der Waals surface area contributed by atoms with Crippen molar-refractivity contribution in [2.75, 3.05) is 5.32 Å². The summed E-state index contributed by atoms with van der Waals surface area (Å²) in [6.45, 7) is 0.0754. The van der Waals surface area contributed by atoms with E-state index < -0.39 is 23.4 Å². The van der Waals surface area contributed by atoms with Crippen LogP contribution < -0.4 is 10.6 Å². The first kappa shape index (κ1) is 15.1. The number of nitrogens with zero attached hydrogens (tertiary/aromatic N) is 3. The van der Waals surface area contributed by atoms with Crippen LogP contribution in [-0.2, 0) is 6.54 Å². The van der Waals surface area contributed by atoms with E-state index >= 15 is 0 Å². The van der Waals surface area contributed by atoms with Crippen LogP contribution in [-0.4, -0.2) is 21.0 Å². The van der Waals surface area contributed by atoms with Gasteiger partial charge in [-0.3, -0.25) is 0 Å². The molecule has 0 saturated heterocycles. The highest BCUT2D eigenvalue weighted by atomic mass is 32.1. The van der Waals surface area contributed by atoms with E-state index in [1.54, 1.807) is 10.9 Å². The fraction of sp³-hybridized carbons (Fsp3) is 0.0714. The summed E-state index contributed by atoms with van der Waals surface area (Å²) < 4.78 is 28.4. The Hall–Kier alpha value is -2.81. The minimum Gasteiger partial charge on any atom is -0.332 e. The second-order valence-corrected chi connectivity index (χ2v) is 5.32. The van der Waals surface area contributed by atoms with Crippen molar-refractivity contribution in [3.8, 4) is 5.69 Å². The van der Waals surface area contributed by atoms with Gasteiger partial charge in [-0.05, 0) is 23.6 Å². The third-order valence-corrected chi connectivity index (χ3v) is 3.61. The second kappa shape index (κ2) is 6.53. The number of aromatic nitrogens is 3. The lowest BCUT2D eigenvalue weighted by Gasteiger charge is -2.08. The summed E-state index contributed by atoms with van der Waals surface area (Å²) in [5.74, 6) is -1.69. The number of urea groups is 1. The van der Waals surface area contributed by atoms with Crippen molar-refractivity contribution in [2.45, 2.75) is 6.54 Å². The highest BCUT2D eigenvalue weighted by Gasteiger charge is 2.12. The molecule has 0 bridgehead atoms. The number of hydrogen-bond acceptors (Lipinski definition) is 4. The van der Waals surface area contributed by atoms with Gasteiger partial charge in [0.1, 0.15) is 23.0 Å². The molecule has 0 aliphatic carbocycles. The Morgan fingerprint density at radius 1 is 1.26 bits per heavy atom. The number of para-hydroxylation sites is 1. The summed E-state index contributed by atoms with van der Waals surface area (Å²) in [6, 6.07) is 4.48. The van der Waals surface area contributed by atoms with E-state index in [0.29, 0.717) is 5.69 Å². The van der Waals surface area contributed by atoms with E-state index in [0.717, 1.165) is 17.8 Å². The number of nitrogens with one attached hydrogen (secondary N) is 2. The van der Waals surface area contributed by atoms with Gasteiger partial charge < -0.3 is 10.6 Å². The summed E-state index contributed by atoms with van der Waals surface area (Å²) >= 11 is 1.53. The molecule has 2 N–H and O–H groups in total. The predicted molar refractivity (Wildman–Crippen MR) is 81.5 cm³/mol. The molecule has 23 heavy (non-hydrogen) atoms. The van der Waals surface area contributed by atoms with E-state index in [-0.39, 0.29) is 6.54 Å². The largest absolute Gasteiger partial charge is 0.332 e. The average molecular weight is 335 g/mol. The van der Waals surface area contributed by atoms with E-state index in [2.05, 4.69) is 20.9 Å². The van der Waals surface area contributed by atoms with Crippen molar-refractivity contribution in [2.24, 2.45) is 0 Å². The standard InChI is InChI=1S/C14H11F2N5OS/c15-11-2-1-3-12(16)13(11)18-14(22)17-6-9-7-21(20-19-9)10-4-5-23-8-10/h1-5,7-8H,6H2,(H2,17,18,22). The van der Waals surface area contributed by atoms with Crippen LogP contribution in [0.1, 0.15) is 5.69 Å². The van der Waals surface area contributed by atoms with Gasteiger partial charge in [0.05, 0.1) is 18.4 Å². The zero-order chi connectivity index (χ0) is 16.2. The maximum absolute atomic E-state index is 13.4. The quantitative estimate of drug-likeness (QED) is 0.770. The van der Waals surface area contributed by atoms with Gasteiger partial charge in [0.2, 0.25) is 0 Å². The van der Waals surface area contributed by atoms with Crippen LogP contribution in [0.25, 0.3) is 5.69 Å². The third-order valence-electron chi connectivity index (χ3n) is 2.94. The van der Waals surface area contributed by atoms with E-state index in [9.17, 15) is 13.6 Å². The summed E-state index contributed by atoms with van der Waals surface area (Å²) in [5.41, 5.74) is 0.888. The van der Waals surface area contributed by atoms with Crippen molar-refractivity contribution in [1.82, 2.24) is 20.3 Å². The topological polar surface area (TPSA) is 71.8 Å². The molecule has 3 aromatic rings. The fourth-order valence-electron chi connectivity index (χ4n) is 1.84. The van der Waals surface area contributed by atoms with Gasteiger partial charge in [0.15, 0.2) is 0 Å². The van der Waals surface area contributed by atoms with Gasteiger partial charge in [-0.2, -0.15) is 11.3 Å². The van der Waals surface area contributed by atoms with Crippen LogP contribution >= 0.6 is 11.3 Å². The first-order valence-electron chi connectivity index (χ1n) is 6.56. The molecule has 2 amide bonds. The van der Waals surface area contributed by atoms with Crippen LogP contribution in [0, 0.1) is 11.6 Å². The van der Waals surface area contributed by atoms with Crippen LogP contribution in [0.5, 0.6) is 0 Å². The first-order valence-corrected chi connectivity index (χ1v) is 7.50. The second-order valence-electron chi connectivity index (χ2n) is 4.54. The van der Waals surface area contributed by atoms with Gasteiger partial charge in [-0.15, -0.1) is 5.10 Å². The highest BCUT2D eigenvalue weighted by molar-refractivity contribution is 7.08. The Balaban J connectivity index is 1.59. The van der Waals surface area contributed by atoms with Crippen LogP contribution in [0.3, 0.4) is 0 Å². The minimum atomic E-state index is -0.844. The third kappa shape index (κ3) is 3.51. The van der Waals surface area contributed by atoms with Crippen molar-refractivity contribution >= 4 is 23.1 Å². The number of carbonyl (C=O) groups is 1. The van der Waals surface area contributed by atoms with Crippen molar-refractivity contribution in [3.63, 3.8) is 0 Å². The zero-order valence-electron chi connectivity index (χ0n) is 11.7. The van der Waals surface area contributed by atoms with E-state index in [1.807, 2.05) is 16.8 Å². The molecule has 0 fully saturated rings.